The maximum Gasteiger partial charge on any atom is 0.342 e. The van der Waals surface area contributed by atoms with Crippen LogP contribution in [0.15, 0.2) is 22.7 Å². The van der Waals surface area contributed by atoms with Crippen LogP contribution in [0.2, 0.25) is 5.02 Å². The van der Waals surface area contributed by atoms with Gasteiger partial charge in [-0.25, -0.2) is 8.98 Å². The topological polar surface area (TPSA) is 69.7 Å². The van der Waals surface area contributed by atoms with Crippen molar-refractivity contribution in [2.45, 2.75) is 32.5 Å². The van der Waals surface area contributed by atoms with E-state index in [4.69, 9.17) is 20.5 Å². The van der Waals surface area contributed by atoms with Gasteiger partial charge in [-0.05, 0) is 39.0 Å². The second-order valence-electron chi connectivity index (χ2n) is 5.38. The van der Waals surface area contributed by atoms with Gasteiger partial charge in [0.15, 0.2) is 0 Å². The first-order chi connectivity index (χ1) is 9.39. The highest BCUT2D eigenvalue weighted by molar-refractivity contribution is 9.10. The minimum atomic E-state index is -3.88. The number of carbonyl (C=O) groups is 1. The minimum Gasteiger partial charge on any atom is -0.458 e. The fraction of sp³-hybridized carbons (Fsp3) is 0.462. The van der Waals surface area contributed by atoms with Gasteiger partial charge < -0.3 is 4.74 Å². The van der Waals surface area contributed by atoms with E-state index in [0.717, 1.165) is 6.26 Å². The zero-order chi connectivity index (χ0) is 16.4. The molecule has 5 nitrogen and oxygen atoms in total. The van der Waals surface area contributed by atoms with Crippen LogP contribution >= 0.6 is 27.5 Å². The molecule has 1 aromatic carbocycles. The number of hydrogen-bond acceptors (Lipinski definition) is 5. The van der Waals surface area contributed by atoms with Gasteiger partial charge in [0.2, 0.25) is 6.10 Å². The summed E-state index contributed by atoms with van der Waals surface area (Å²) in [6.07, 6.45) is -0.597. The first-order valence-corrected chi connectivity index (χ1v) is 8.94. The van der Waals surface area contributed by atoms with Crippen LogP contribution in [0.5, 0.6) is 0 Å². The van der Waals surface area contributed by atoms with Gasteiger partial charge in [-0.15, -0.1) is 0 Å². The Morgan fingerprint density at radius 1 is 1.33 bits per heavy atom. The third-order valence-electron chi connectivity index (χ3n) is 2.13. The maximum absolute atomic E-state index is 12.2. The molecular formula is C13H16BrClO5S. The van der Waals surface area contributed by atoms with Gasteiger partial charge in [0.25, 0.3) is 10.1 Å². The quantitative estimate of drug-likeness (QED) is 0.573. The lowest BCUT2D eigenvalue weighted by Crippen LogP contribution is -2.30. The van der Waals surface area contributed by atoms with Gasteiger partial charge in [-0.1, -0.05) is 27.5 Å². The van der Waals surface area contributed by atoms with E-state index in [2.05, 4.69) is 15.9 Å². The monoisotopic (exact) mass is 398 g/mol. The molecule has 1 rings (SSSR count). The Kier molecular flexibility index (Phi) is 5.83. The van der Waals surface area contributed by atoms with Crippen LogP contribution in [0.4, 0.5) is 0 Å². The van der Waals surface area contributed by atoms with Crippen molar-refractivity contribution >= 4 is 43.6 Å². The number of benzene rings is 1. The smallest absolute Gasteiger partial charge is 0.342 e. The summed E-state index contributed by atoms with van der Waals surface area (Å²) >= 11 is 9.27. The van der Waals surface area contributed by atoms with E-state index in [9.17, 15) is 13.2 Å². The number of carbonyl (C=O) groups excluding carboxylic acids is 1. The molecular weight excluding hydrogens is 384 g/mol. The van der Waals surface area contributed by atoms with Crippen molar-refractivity contribution < 1.29 is 22.1 Å². The van der Waals surface area contributed by atoms with Crippen LogP contribution in [-0.4, -0.2) is 26.2 Å². The molecule has 0 aromatic heterocycles. The Bertz CT molecular complexity index is 636. The molecule has 0 saturated carbocycles. The van der Waals surface area contributed by atoms with Crippen molar-refractivity contribution in [1.29, 1.82) is 0 Å². The molecule has 0 aliphatic rings. The molecule has 0 aliphatic carbocycles. The van der Waals surface area contributed by atoms with Gasteiger partial charge in [-0.2, -0.15) is 8.42 Å². The van der Waals surface area contributed by atoms with Crippen molar-refractivity contribution in [3.05, 3.63) is 33.3 Å². The van der Waals surface area contributed by atoms with Crippen molar-refractivity contribution in [1.82, 2.24) is 0 Å². The second-order valence-corrected chi connectivity index (χ2v) is 8.30. The zero-order valence-electron chi connectivity index (χ0n) is 12.0. The van der Waals surface area contributed by atoms with Crippen LogP contribution in [0.25, 0.3) is 0 Å². The number of ether oxygens (including phenoxy) is 1. The maximum atomic E-state index is 12.2. The molecule has 1 aromatic rings. The molecule has 1 atom stereocenters. The fourth-order valence-electron chi connectivity index (χ4n) is 1.46. The highest BCUT2D eigenvalue weighted by Gasteiger charge is 2.32. The molecule has 21 heavy (non-hydrogen) atoms. The molecule has 1 unspecified atom stereocenters. The molecule has 118 valence electrons. The lowest BCUT2D eigenvalue weighted by Gasteiger charge is -2.24. The Labute approximate surface area is 137 Å². The van der Waals surface area contributed by atoms with Crippen LogP contribution in [0.1, 0.15) is 32.4 Å². The van der Waals surface area contributed by atoms with Crippen LogP contribution in [0.3, 0.4) is 0 Å². The molecule has 0 heterocycles. The van der Waals surface area contributed by atoms with E-state index >= 15 is 0 Å². The summed E-state index contributed by atoms with van der Waals surface area (Å²) in [6, 6.07) is 4.71. The second kappa shape index (κ2) is 6.64. The van der Waals surface area contributed by atoms with E-state index in [1.165, 1.54) is 12.1 Å². The molecule has 0 aliphatic heterocycles. The van der Waals surface area contributed by atoms with Crippen LogP contribution in [0, 0.1) is 0 Å². The Morgan fingerprint density at radius 3 is 2.38 bits per heavy atom. The predicted molar refractivity (Wildman–Crippen MR) is 83.7 cm³/mol. The van der Waals surface area contributed by atoms with Crippen LogP contribution < -0.4 is 0 Å². The third kappa shape index (κ3) is 6.34. The summed E-state index contributed by atoms with van der Waals surface area (Å²) in [5.41, 5.74) is -0.569. The Balaban J connectivity index is 3.25. The zero-order valence-corrected chi connectivity index (χ0v) is 15.2. The summed E-state index contributed by atoms with van der Waals surface area (Å²) in [5.74, 6) is -0.826. The SMILES string of the molecule is CC(C)(C)OC(=O)C(OS(C)(=O)=O)c1cc(Br)ccc1Cl. The summed E-state index contributed by atoms with van der Waals surface area (Å²) in [6.45, 7) is 5.01. The van der Waals surface area contributed by atoms with E-state index in [0.29, 0.717) is 4.47 Å². The lowest BCUT2D eigenvalue weighted by molar-refractivity contribution is -0.163. The largest absolute Gasteiger partial charge is 0.458 e. The lowest BCUT2D eigenvalue weighted by atomic mass is 10.1. The highest BCUT2D eigenvalue weighted by atomic mass is 79.9. The molecule has 8 heteroatoms. The first kappa shape index (κ1) is 18.4. The minimum absolute atomic E-state index is 0.206. The van der Waals surface area contributed by atoms with Gasteiger partial charge >= 0.3 is 5.97 Å². The molecule has 0 fully saturated rings. The molecule has 0 saturated heterocycles. The Hall–Kier alpha value is -0.630. The van der Waals surface area contributed by atoms with Gasteiger partial charge in [-0.3, -0.25) is 0 Å². The first-order valence-electron chi connectivity index (χ1n) is 5.95. The average Bonchev–Trinajstić information content (AvgIpc) is 2.26. The highest BCUT2D eigenvalue weighted by Crippen LogP contribution is 2.31. The molecule has 0 spiro atoms. The van der Waals surface area contributed by atoms with Crippen LogP contribution in [-0.2, 0) is 23.8 Å². The van der Waals surface area contributed by atoms with E-state index in [1.54, 1.807) is 26.8 Å². The van der Waals surface area contributed by atoms with Crippen molar-refractivity contribution in [3.63, 3.8) is 0 Å². The molecule has 0 radical (unpaired) electrons. The molecule has 0 N–H and O–H groups in total. The standard InChI is InChI=1S/C13H16BrClO5S/c1-13(2,3)19-12(16)11(20-21(4,17)18)9-7-8(14)5-6-10(9)15/h5-7,11H,1-4H3. The summed E-state index contributed by atoms with van der Waals surface area (Å²) in [5, 5.41) is 0.206. The molecule has 0 bridgehead atoms. The number of rotatable bonds is 4. The number of hydrogen-bond donors (Lipinski definition) is 0. The molecule has 0 amide bonds. The average molecular weight is 400 g/mol. The number of esters is 1. The van der Waals surface area contributed by atoms with Gasteiger partial charge in [0.1, 0.15) is 5.60 Å². The summed E-state index contributed by atoms with van der Waals surface area (Å²) < 4.78 is 33.5. The normalized spacial score (nSPS) is 13.8. The summed E-state index contributed by atoms with van der Waals surface area (Å²) in [7, 11) is -3.88. The third-order valence-corrected chi connectivity index (χ3v) is 3.51. The van der Waals surface area contributed by atoms with Gasteiger partial charge in [0, 0.05) is 15.1 Å². The van der Waals surface area contributed by atoms with Crippen molar-refractivity contribution in [2.75, 3.05) is 6.26 Å². The van der Waals surface area contributed by atoms with E-state index in [-0.39, 0.29) is 10.6 Å². The predicted octanol–water partition coefficient (Wildman–Crippen LogP) is 3.46. The van der Waals surface area contributed by atoms with Crippen molar-refractivity contribution in [3.8, 4) is 0 Å². The Morgan fingerprint density at radius 2 is 1.90 bits per heavy atom. The number of halogens is 2. The van der Waals surface area contributed by atoms with Gasteiger partial charge in [0.05, 0.1) is 6.26 Å². The van der Waals surface area contributed by atoms with Crippen molar-refractivity contribution in [2.24, 2.45) is 0 Å². The fourth-order valence-corrected chi connectivity index (χ4v) is 2.59. The summed E-state index contributed by atoms with van der Waals surface area (Å²) in [4.78, 5) is 12.2. The van der Waals surface area contributed by atoms with E-state index < -0.39 is 27.8 Å². The van der Waals surface area contributed by atoms with E-state index in [1.807, 2.05) is 0 Å².